The Hall–Kier alpha value is -1.91. The molecule has 152 valence electrons. The van der Waals surface area contributed by atoms with Gasteiger partial charge in [0, 0.05) is 32.7 Å². The second kappa shape index (κ2) is 11.7. The molecule has 1 aromatic carbocycles. The number of phenols is 1. The lowest BCUT2D eigenvalue weighted by Crippen LogP contribution is -2.53. The van der Waals surface area contributed by atoms with E-state index in [2.05, 4.69) is 15.2 Å². The molecule has 1 aromatic rings. The van der Waals surface area contributed by atoms with E-state index in [1.54, 1.807) is 24.0 Å². The highest BCUT2D eigenvalue weighted by atomic mass is 127. The number of rotatable bonds is 5. The number of hydrogen-bond acceptors (Lipinski definition) is 5. The number of nitrogens with zero attached hydrogens (tertiary/aromatic N) is 3. The number of phenolic OH excluding ortho intramolecular Hbond substituents is 1. The van der Waals surface area contributed by atoms with Crippen LogP contribution >= 0.6 is 24.0 Å². The first-order valence-corrected chi connectivity index (χ1v) is 8.89. The van der Waals surface area contributed by atoms with Crippen molar-refractivity contribution in [1.82, 2.24) is 15.1 Å². The molecule has 2 N–H and O–H groups in total. The van der Waals surface area contributed by atoms with Crippen LogP contribution in [0.4, 0.5) is 4.79 Å². The zero-order valence-electron chi connectivity index (χ0n) is 16.1. The summed E-state index contributed by atoms with van der Waals surface area (Å²) in [6, 6.07) is 5.26. The number of benzene rings is 1. The molecule has 0 atom stereocenters. The Kier molecular flexibility index (Phi) is 10.0. The molecule has 1 aliphatic rings. The van der Waals surface area contributed by atoms with Crippen molar-refractivity contribution in [2.24, 2.45) is 4.99 Å². The van der Waals surface area contributed by atoms with Crippen molar-refractivity contribution < 1.29 is 19.4 Å². The van der Waals surface area contributed by atoms with Crippen molar-refractivity contribution in [3.8, 4) is 11.5 Å². The van der Waals surface area contributed by atoms with Gasteiger partial charge in [-0.05, 0) is 31.5 Å². The summed E-state index contributed by atoms with van der Waals surface area (Å²) in [5.41, 5.74) is 0.892. The quantitative estimate of drug-likeness (QED) is 0.373. The number of ether oxygens (including phenoxy) is 2. The number of methoxy groups -OCH3 is 1. The average Bonchev–Trinajstić information content (AvgIpc) is 2.65. The number of hydrogen-bond donors (Lipinski definition) is 2. The first-order valence-electron chi connectivity index (χ1n) is 8.89. The Balaban J connectivity index is 0.00000364. The van der Waals surface area contributed by atoms with Gasteiger partial charge in [0.1, 0.15) is 0 Å². The number of carbonyl (C=O) groups is 1. The summed E-state index contributed by atoms with van der Waals surface area (Å²) >= 11 is 0. The van der Waals surface area contributed by atoms with Gasteiger partial charge in [-0.1, -0.05) is 6.07 Å². The van der Waals surface area contributed by atoms with Crippen LogP contribution in [-0.2, 0) is 11.3 Å². The molecule has 0 unspecified atom stereocenters. The van der Waals surface area contributed by atoms with Crippen LogP contribution in [0.3, 0.4) is 0 Å². The number of aromatic hydroxyl groups is 1. The van der Waals surface area contributed by atoms with Crippen LogP contribution in [0.1, 0.15) is 19.4 Å². The average molecular weight is 492 g/mol. The molecule has 1 aliphatic heterocycles. The van der Waals surface area contributed by atoms with Crippen molar-refractivity contribution in [3.63, 3.8) is 0 Å². The van der Waals surface area contributed by atoms with E-state index < -0.39 is 0 Å². The topological polar surface area (TPSA) is 86.6 Å². The number of halogens is 1. The largest absolute Gasteiger partial charge is 0.504 e. The summed E-state index contributed by atoms with van der Waals surface area (Å²) in [7, 11) is 1.52. The molecular weight excluding hydrogens is 463 g/mol. The Labute approximate surface area is 177 Å². The van der Waals surface area contributed by atoms with Gasteiger partial charge in [-0.3, -0.25) is 0 Å². The Morgan fingerprint density at radius 3 is 2.44 bits per heavy atom. The van der Waals surface area contributed by atoms with Gasteiger partial charge in [0.2, 0.25) is 0 Å². The maximum atomic E-state index is 11.8. The van der Waals surface area contributed by atoms with E-state index in [1.807, 2.05) is 13.0 Å². The van der Waals surface area contributed by atoms with E-state index >= 15 is 0 Å². The molecule has 9 heteroatoms. The molecule has 8 nitrogen and oxygen atoms in total. The smallest absolute Gasteiger partial charge is 0.409 e. The molecule has 0 radical (unpaired) electrons. The fourth-order valence-electron chi connectivity index (χ4n) is 2.74. The molecule has 0 saturated carbocycles. The zero-order valence-corrected chi connectivity index (χ0v) is 18.4. The third kappa shape index (κ3) is 6.64. The summed E-state index contributed by atoms with van der Waals surface area (Å²) in [4.78, 5) is 20.3. The van der Waals surface area contributed by atoms with Gasteiger partial charge < -0.3 is 29.7 Å². The van der Waals surface area contributed by atoms with Crippen LogP contribution in [0.25, 0.3) is 0 Å². The Morgan fingerprint density at radius 1 is 1.22 bits per heavy atom. The maximum absolute atomic E-state index is 11.8. The third-order valence-electron chi connectivity index (χ3n) is 4.09. The fourth-order valence-corrected chi connectivity index (χ4v) is 2.74. The van der Waals surface area contributed by atoms with Crippen molar-refractivity contribution >= 4 is 36.0 Å². The number of guanidine groups is 1. The van der Waals surface area contributed by atoms with Gasteiger partial charge in [0.15, 0.2) is 17.5 Å². The molecular formula is C18H29IN4O4. The van der Waals surface area contributed by atoms with E-state index in [-0.39, 0.29) is 35.8 Å². The second-order valence-corrected chi connectivity index (χ2v) is 5.85. The number of amides is 1. The SMILES string of the molecule is CCNC(=NCc1ccc(OC)c(O)c1)N1CCN(C(=O)OCC)CC1.I. The minimum absolute atomic E-state index is 0. The van der Waals surface area contributed by atoms with Crippen LogP contribution in [0.5, 0.6) is 11.5 Å². The monoisotopic (exact) mass is 492 g/mol. The lowest BCUT2D eigenvalue weighted by molar-refractivity contribution is 0.0914. The van der Waals surface area contributed by atoms with Crippen molar-refractivity contribution in [2.45, 2.75) is 20.4 Å². The number of carbonyl (C=O) groups excluding carboxylic acids is 1. The lowest BCUT2D eigenvalue weighted by Gasteiger charge is -2.35. The summed E-state index contributed by atoms with van der Waals surface area (Å²) in [5, 5.41) is 13.2. The zero-order chi connectivity index (χ0) is 18.9. The molecule has 27 heavy (non-hydrogen) atoms. The number of piperazine rings is 1. The fraction of sp³-hybridized carbons (Fsp3) is 0.556. The Morgan fingerprint density at radius 2 is 1.89 bits per heavy atom. The third-order valence-corrected chi connectivity index (χ3v) is 4.09. The van der Waals surface area contributed by atoms with Crippen LogP contribution < -0.4 is 10.1 Å². The minimum Gasteiger partial charge on any atom is -0.504 e. The van der Waals surface area contributed by atoms with E-state index in [0.717, 1.165) is 18.1 Å². The van der Waals surface area contributed by atoms with Crippen molar-refractivity contribution in [3.05, 3.63) is 23.8 Å². The van der Waals surface area contributed by atoms with E-state index in [9.17, 15) is 9.90 Å². The van der Waals surface area contributed by atoms with Crippen LogP contribution in [-0.4, -0.2) is 73.4 Å². The standard InChI is InChI=1S/C18H28N4O4.HI/c1-4-19-17(20-13-14-6-7-16(25-3)15(23)12-14)21-8-10-22(11-9-21)18(24)26-5-2;/h6-7,12,23H,4-5,8-11,13H2,1-3H3,(H,19,20);1H. The molecule has 0 spiro atoms. The second-order valence-electron chi connectivity index (χ2n) is 5.85. The number of aliphatic imine (C=N–C) groups is 1. The van der Waals surface area contributed by atoms with Gasteiger partial charge >= 0.3 is 6.09 Å². The predicted molar refractivity (Wildman–Crippen MR) is 115 cm³/mol. The summed E-state index contributed by atoms with van der Waals surface area (Å²) in [6.45, 7) is 8.00. The molecule has 1 heterocycles. The first-order chi connectivity index (χ1) is 12.6. The highest BCUT2D eigenvalue weighted by molar-refractivity contribution is 14.0. The van der Waals surface area contributed by atoms with E-state index in [0.29, 0.717) is 45.1 Å². The first kappa shape index (κ1) is 23.1. The summed E-state index contributed by atoms with van der Waals surface area (Å²) in [6.07, 6.45) is -0.261. The molecule has 0 bridgehead atoms. The lowest BCUT2D eigenvalue weighted by atomic mass is 10.2. The molecule has 0 aromatic heterocycles. The van der Waals surface area contributed by atoms with Gasteiger partial charge in [0.05, 0.1) is 20.3 Å². The van der Waals surface area contributed by atoms with Crippen LogP contribution in [0.15, 0.2) is 23.2 Å². The van der Waals surface area contributed by atoms with Crippen molar-refractivity contribution in [2.75, 3.05) is 46.4 Å². The van der Waals surface area contributed by atoms with Crippen LogP contribution in [0.2, 0.25) is 0 Å². The minimum atomic E-state index is -0.261. The predicted octanol–water partition coefficient (Wildman–Crippen LogP) is 2.26. The van der Waals surface area contributed by atoms with Gasteiger partial charge in [-0.15, -0.1) is 24.0 Å². The van der Waals surface area contributed by atoms with Gasteiger partial charge in [0.25, 0.3) is 0 Å². The number of nitrogens with one attached hydrogen (secondary N) is 1. The highest BCUT2D eigenvalue weighted by Gasteiger charge is 2.23. The van der Waals surface area contributed by atoms with Gasteiger partial charge in [-0.2, -0.15) is 0 Å². The van der Waals surface area contributed by atoms with E-state index in [1.165, 1.54) is 7.11 Å². The van der Waals surface area contributed by atoms with E-state index in [4.69, 9.17) is 9.47 Å². The highest BCUT2D eigenvalue weighted by Crippen LogP contribution is 2.26. The summed E-state index contributed by atoms with van der Waals surface area (Å²) < 4.78 is 10.1. The molecule has 1 fully saturated rings. The molecule has 2 rings (SSSR count). The maximum Gasteiger partial charge on any atom is 0.409 e. The van der Waals surface area contributed by atoms with Gasteiger partial charge in [-0.25, -0.2) is 9.79 Å². The Bertz CT molecular complexity index is 634. The molecule has 1 saturated heterocycles. The summed E-state index contributed by atoms with van der Waals surface area (Å²) in [5.74, 6) is 1.35. The van der Waals surface area contributed by atoms with Crippen LogP contribution in [0, 0.1) is 0 Å². The van der Waals surface area contributed by atoms with Crippen molar-refractivity contribution in [1.29, 1.82) is 0 Å². The molecule has 1 amide bonds. The molecule has 0 aliphatic carbocycles. The normalized spacial score (nSPS) is 14.4.